The van der Waals surface area contributed by atoms with E-state index < -0.39 is 0 Å². The lowest BCUT2D eigenvalue weighted by molar-refractivity contribution is -0.122. The summed E-state index contributed by atoms with van der Waals surface area (Å²) in [4.78, 5) is 10.6. The smallest absolute Gasteiger partial charge is 0.220 e. The Morgan fingerprint density at radius 1 is 1.78 bits per heavy atom. The van der Waals surface area contributed by atoms with E-state index in [1.807, 2.05) is 7.05 Å². The molecule has 0 unspecified atom stereocenters. The van der Waals surface area contributed by atoms with Crippen LogP contribution in [0.5, 0.6) is 0 Å². The minimum Gasteiger partial charge on any atom is -0.355 e. The van der Waals surface area contributed by atoms with Crippen LogP contribution >= 0.6 is 0 Å². The van der Waals surface area contributed by atoms with Crippen LogP contribution in [0.2, 0.25) is 0 Å². The predicted molar refractivity (Wildman–Crippen MR) is 35.1 cm³/mol. The second kappa shape index (κ2) is 2.82. The van der Waals surface area contributed by atoms with Gasteiger partial charge in [0, 0.05) is 19.0 Å². The molecule has 0 aromatic rings. The molecule has 0 radical (unpaired) electrons. The standard InChI is InChI=1S/C6H12N2O/c1-7-5-2-3-6(9)8-4-5/h5,7H,2-4H2,1H3,(H,8,9)/t5-/m0/s1. The maximum atomic E-state index is 10.6. The van der Waals surface area contributed by atoms with Crippen molar-refractivity contribution in [3.8, 4) is 0 Å². The molecule has 1 saturated heterocycles. The molecular formula is C6H12N2O. The average molecular weight is 128 g/mol. The summed E-state index contributed by atoms with van der Waals surface area (Å²) in [6.07, 6.45) is 1.65. The number of likely N-dealkylation sites (N-methyl/N-ethyl adjacent to an activating group) is 1. The van der Waals surface area contributed by atoms with E-state index in [1.54, 1.807) is 0 Å². The molecule has 3 heteroatoms. The van der Waals surface area contributed by atoms with Crippen molar-refractivity contribution in [3.63, 3.8) is 0 Å². The molecule has 0 aliphatic carbocycles. The monoisotopic (exact) mass is 128 g/mol. The number of carbonyl (C=O) groups is 1. The quantitative estimate of drug-likeness (QED) is 0.499. The van der Waals surface area contributed by atoms with Gasteiger partial charge in [-0.1, -0.05) is 0 Å². The predicted octanol–water partition coefficient (Wildman–Crippen LogP) is -0.516. The Labute approximate surface area is 54.8 Å². The molecule has 0 aromatic heterocycles. The van der Waals surface area contributed by atoms with Crippen LogP contribution in [-0.2, 0) is 4.79 Å². The van der Waals surface area contributed by atoms with E-state index in [-0.39, 0.29) is 5.91 Å². The second-order valence-electron chi connectivity index (χ2n) is 2.33. The Kier molecular flexibility index (Phi) is 2.05. The van der Waals surface area contributed by atoms with Crippen molar-refractivity contribution in [3.05, 3.63) is 0 Å². The zero-order valence-electron chi connectivity index (χ0n) is 5.61. The minimum absolute atomic E-state index is 0.182. The van der Waals surface area contributed by atoms with Gasteiger partial charge in [-0.15, -0.1) is 0 Å². The lowest BCUT2D eigenvalue weighted by Gasteiger charge is -2.21. The molecule has 1 rings (SSSR count). The topological polar surface area (TPSA) is 41.1 Å². The van der Waals surface area contributed by atoms with Crippen LogP contribution in [0.4, 0.5) is 0 Å². The largest absolute Gasteiger partial charge is 0.355 e. The van der Waals surface area contributed by atoms with Gasteiger partial charge in [0.1, 0.15) is 0 Å². The Morgan fingerprint density at radius 2 is 2.56 bits per heavy atom. The minimum atomic E-state index is 0.182. The first-order valence-corrected chi connectivity index (χ1v) is 3.27. The fourth-order valence-corrected chi connectivity index (χ4v) is 0.979. The van der Waals surface area contributed by atoms with E-state index in [4.69, 9.17) is 0 Å². The maximum absolute atomic E-state index is 10.6. The van der Waals surface area contributed by atoms with Crippen LogP contribution in [0, 0.1) is 0 Å². The fourth-order valence-electron chi connectivity index (χ4n) is 0.979. The molecule has 1 heterocycles. The number of nitrogens with one attached hydrogen (secondary N) is 2. The van der Waals surface area contributed by atoms with Crippen molar-refractivity contribution < 1.29 is 4.79 Å². The van der Waals surface area contributed by atoms with Crippen LogP contribution in [0.15, 0.2) is 0 Å². The van der Waals surface area contributed by atoms with E-state index in [9.17, 15) is 4.79 Å². The molecule has 1 aliphatic rings. The summed E-state index contributed by atoms with van der Waals surface area (Å²) in [6.45, 7) is 0.787. The highest BCUT2D eigenvalue weighted by atomic mass is 16.1. The first kappa shape index (κ1) is 6.55. The zero-order chi connectivity index (χ0) is 6.69. The maximum Gasteiger partial charge on any atom is 0.220 e. The Morgan fingerprint density at radius 3 is 3.00 bits per heavy atom. The zero-order valence-corrected chi connectivity index (χ0v) is 5.61. The van der Waals surface area contributed by atoms with Gasteiger partial charge >= 0.3 is 0 Å². The molecule has 0 aromatic carbocycles. The number of hydrogen-bond acceptors (Lipinski definition) is 2. The summed E-state index contributed by atoms with van der Waals surface area (Å²) in [6, 6.07) is 0.489. The number of piperidine rings is 1. The van der Waals surface area contributed by atoms with Crippen LogP contribution in [-0.4, -0.2) is 25.5 Å². The van der Waals surface area contributed by atoms with Crippen molar-refractivity contribution >= 4 is 5.91 Å². The first-order valence-electron chi connectivity index (χ1n) is 3.27. The van der Waals surface area contributed by atoms with Gasteiger partial charge in [0.2, 0.25) is 5.91 Å². The van der Waals surface area contributed by atoms with Gasteiger partial charge in [-0.05, 0) is 13.5 Å². The number of rotatable bonds is 1. The van der Waals surface area contributed by atoms with E-state index in [0.29, 0.717) is 12.5 Å². The third kappa shape index (κ3) is 1.68. The van der Waals surface area contributed by atoms with Gasteiger partial charge < -0.3 is 10.6 Å². The summed E-state index contributed by atoms with van der Waals surface area (Å²) in [5, 5.41) is 5.89. The van der Waals surface area contributed by atoms with Crippen LogP contribution in [0.3, 0.4) is 0 Å². The van der Waals surface area contributed by atoms with Gasteiger partial charge in [0.15, 0.2) is 0 Å². The summed E-state index contributed by atoms with van der Waals surface area (Å²) in [7, 11) is 1.92. The summed E-state index contributed by atoms with van der Waals surface area (Å²) in [5.74, 6) is 0.182. The molecule has 52 valence electrons. The normalized spacial score (nSPS) is 27.7. The lowest BCUT2D eigenvalue weighted by Crippen LogP contribution is -2.44. The molecule has 2 N–H and O–H groups in total. The average Bonchev–Trinajstić information content (AvgIpc) is 1.90. The third-order valence-electron chi connectivity index (χ3n) is 1.67. The van der Waals surface area contributed by atoms with Crippen LogP contribution in [0.25, 0.3) is 0 Å². The summed E-state index contributed by atoms with van der Waals surface area (Å²) >= 11 is 0. The molecule has 1 fully saturated rings. The third-order valence-corrected chi connectivity index (χ3v) is 1.67. The van der Waals surface area contributed by atoms with Crippen molar-refractivity contribution in [1.82, 2.24) is 10.6 Å². The highest BCUT2D eigenvalue weighted by Gasteiger charge is 2.14. The highest BCUT2D eigenvalue weighted by Crippen LogP contribution is 2.00. The Bertz CT molecular complexity index is 104. The van der Waals surface area contributed by atoms with Gasteiger partial charge in [-0.2, -0.15) is 0 Å². The van der Waals surface area contributed by atoms with E-state index in [2.05, 4.69) is 10.6 Å². The highest BCUT2D eigenvalue weighted by molar-refractivity contribution is 5.76. The molecule has 1 aliphatic heterocycles. The molecule has 0 spiro atoms. The van der Waals surface area contributed by atoms with E-state index in [1.165, 1.54) is 0 Å². The fraction of sp³-hybridized carbons (Fsp3) is 0.833. The van der Waals surface area contributed by atoms with Crippen molar-refractivity contribution in [2.24, 2.45) is 0 Å². The van der Waals surface area contributed by atoms with Crippen molar-refractivity contribution in [1.29, 1.82) is 0 Å². The van der Waals surface area contributed by atoms with E-state index in [0.717, 1.165) is 13.0 Å². The van der Waals surface area contributed by atoms with E-state index >= 15 is 0 Å². The first-order chi connectivity index (χ1) is 4.33. The Balaban J connectivity index is 2.26. The molecular weight excluding hydrogens is 116 g/mol. The molecule has 1 atom stereocenters. The molecule has 0 saturated carbocycles. The molecule has 0 bridgehead atoms. The van der Waals surface area contributed by atoms with Gasteiger partial charge in [0.05, 0.1) is 0 Å². The van der Waals surface area contributed by atoms with Crippen molar-refractivity contribution in [2.75, 3.05) is 13.6 Å². The molecule has 9 heavy (non-hydrogen) atoms. The second-order valence-corrected chi connectivity index (χ2v) is 2.33. The lowest BCUT2D eigenvalue weighted by atomic mass is 10.1. The summed E-state index contributed by atoms with van der Waals surface area (Å²) in [5.41, 5.74) is 0. The van der Waals surface area contributed by atoms with Crippen LogP contribution < -0.4 is 10.6 Å². The van der Waals surface area contributed by atoms with Gasteiger partial charge in [-0.3, -0.25) is 4.79 Å². The van der Waals surface area contributed by atoms with Gasteiger partial charge in [-0.25, -0.2) is 0 Å². The summed E-state index contributed by atoms with van der Waals surface area (Å²) < 4.78 is 0. The Hall–Kier alpha value is -0.570. The molecule has 1 amide bonds. The van der Waals surface area contributed by atoms with Gasteiger partial charge in [0.25, 0.3) is 0 Å². The van der Waals surface area contributed by atoms with Crippen LogP contribution in [0.1, 0.15) is 12.8 Å². The SMILES string of the molecule is CN[C@H]1CCC(=O)NC1. The molecule has 3 nitrogen and oxygen atoms in total. The number of hydrogen-bond donors (Lipinski definition) is 2. The van der Waals surface area contributed by atoms with Crippen molar-refractivity contribution in [2.45, 2.75) is 18.9 Å². The number of amides is 1. The number of carbonyl (C=O) groups excluding carboxylic acids is 1.